The van der Waals surface area contributed by atoms with Crippen LogP contribution in [0.1, 0.15) is 23.6 Å². The average Bonchev–Trinajstić information content (AvgIpc) is 3.32. The molecule has 0 bridgehead atoms. The molecule has 1 spiro atoms. The van der Waals surface area contributed by atoms with E-state index >= 15 is 0 Å². The highest BCUT2D eigenvalue weighted by Gasteiger charge is 2.55. The van der Waals surface area contributed by atoms with E-state index < -0.39 is 4.99 Å². The summed E-state index contributed by atoms with van der Waals surface area (Å²) in [5.41, 5.74) is 5.41. The molecule has 2 heterocycles. The smallest absolute Gasteiger partial charge is 0.234 e. The zero-order valence-corrected chi connectivity index (χ0v) is 22.8. The Morgan fingerprint density at radius 2 is 1.43 bits per heavy atom. The predicted octanol–water partition coefficient (Wildman–Crippen LogP) is 7.64. The lowest BCUT2D eigenvalue weighted by Crippen LogP contribution is -2.54. The molecule has 2 aliphatic rings. The van der Waals surface area contributed by atoms with Crippen LogP contribution in [-0.4, -0.2) is 16.5 Å². The number of rotatable bonds is 4. The van der Waals surface area contributed by atoms with Crippen LogP contribution in [0.4, 0.5) is 11.4 Å². The van der Waals surface area contributed by atoms with E-state index in [0.717, 1.165) is 38.2 Å². The number of fused-ring (bicyclic) bond motifs is 2. The summed E-state index contributed by atoms with van der Waals surface area (Å²) < 4.78 is 0.958. The molecule has 8 heteroatoms. The third kappa shape index (κ3) is 4.07. The number of hydrazone groups is 2. The number of thioether (sulfide) groups is 1. The van der Waals surface area contributed by atoms with Crippen molar-refractivity contribution in [1.82, 2.24) is 0 Å². The number of nitrogens with zero attached hydrogens (tertiary/aromatic N) is 4. The van der Waals surface area contributed by atoms with Crippen LogP contribution in [0.3, 0.4) is 0 Å². The zero-order chi connectivity index (χ0) is 25.6. The van der Waals surface area contributed by atoms with Crippen LogP contribution < -0.4 is 10.0 Å². The van der Waals surface area contributed by atoms with Gasteiger partial charge in [-0.2, -0.15) is 10.2 Å². The van der Waals surface area contributed by atoms with E-state index in [4.69, 9.17) is 21.8 Å². The molecule has 4 aromatic carbocycles. The van der Waals surface area contributed by atoms with Crippen LogP contribution in [0.25, 0.3) is 0 Å². The minimum atomic E-state index is -0.970. The molecule has 1 unspecified atom stereocenters. The second-order valence-corrected chi connectivity index (χ2v) is 11.1. The lowest BCUT2D eigenvalue weighted by Gasteiger charge is -2.47. The molecule has 37 heavy (non-hydrogen) atoms. The summed E-state index contributed by atoms with van der Waals surface area (Å²) in [5, 5.41) is 15.1. The number of Topliss-reactive ketones (excluding diaryl/α,β-unsaturated/α-hetero) is 1. The monoisotopic (exact) mass is 586 g/mol. The molecule has 0 N–H and O–H groups in total. The fraction of sp³-hybridized carbons (Fsp3) is 0.0690. The second kappa shape index (κ2) is 9.49. The Kier molecular flexibility index (Phi) is 6.15. The van der Waals surface area contributed by atoms with Gasteiger partial charge in [-0.25, -0.2) is 10.0 Å². The maximum atomic E-state index is 12.7. The molecule has 0 radical (unpaired) electrons. The van der Waals surface area contributed by atoms with Gasteiger partial charge in [-0.15, -0.1) is 0 Å². The maximum Gasteiger partial charge on any atom is 0.234 e. The summed E-state index contributed by atoms with van der Waals surface area (Å²) >= 11 is 11.1. The minimum absolute atomic E-state index is 0.0954. The topological polar surface area (TPSA) is 48.3 Å². The second-order valence-electron chi connectivity index (χ2n) is 8.61. The van der Waals surface area contributed by atoms with E-state index in [0.29, 0.717) is 10.1 Å². The van der Waals surface area contributed by atoms with Gasteiger partial charge in [0, 0.05) is 33.1 Å². The van der Waals surface area contributed by atoms with E-state index in [1.165, 1.54) is 11.8 Å². The van der Waals surface area contributed by atoms with Gasteiger partial charge < -0.3 is 0 Å². The summed E-state index contributed by atoms with van der Waals surface area (Å²) in [5.74, 6) is -0.0954. The van der Waals surface area contributed by atoms with E-state index in [1.54, 1.807) is 6.92 Å². The number of benzene rings is 4. The Morgan fingerprint density at radius 3 is 2.14 bits per heavy atom. The number of hydrogen-bond donors (Lipinski definition) is 0. The van der Waals surface area contributed by atoms with Gasteiger partial charge in [0.05, 0.1) is 17.1 Å². The lowest BCUT2D eigenvalue weighted by molar-refractivity contribution is -0.110. The molecule has 0 fully saturated rings. The largest absolute Gasteiger partial charge is 0.292 e. The van der Waals surface area contributed by atoms with Crippen molar-refractivity contribution in [3.8, 4) is 0 Å². The molecule has 0 aliphatic carbocycles. The predicted molar refractivity (Wildman–Crippen MR) is 156 cm³/mol. The first-order chi connectivity index (χ1) is 18.0. The highest BCUT2D eigenvalue weighted by molar-refractivity contribution is 9.10. The van der Waals surface area contributed by atoms with Gasteiger partial charge in [0.15, 0.2) is 10.8 Å². The quantitative estimate of drug-likeness (QED) is 0.246. The third-order valence-corrected chi connectivity index (χ3v) is 8.42. The fourth-order valence-corrected chi connectivity index (χ4v) is 6.23. The van der Waals surface area contributed by atoms with Gasteiger partial charge in [0.25, 0.3) is 0 Å². The normalized spacial score (nSPS) is 18.5. The van der Waals surface area contributed by atoms with Gasteiger partial charge in [0.2, 0.25) is 4.99 Å². The Morgan fingerprint density at radius 1 is 0.811 bits per heavy atom. The average molecular weight is 588 g/mol. The SMILES string of the molecule is CC(=O)C1=NN(c2ccc(Br)cc2)C2(S1)c1ccccc1C(c1ccc(Cl)cc1)=NN2c1ccccc1. The summed E-state index contributed by atoms with van der Waals surface area (Å²) in [4.78, 5) is 11.8. The number of halogens is 2. The number of carbonyl (C=O) groups excluding carboxylic acids is 1. The van der Waals surface area contributed by atoms with E-state index in [-0.39, 0.29) is 5.78 Å². The van der Waals surface area contributed by atoms with Crippen LogP contribution in [0.15, 0.2) is 118 Å². The Bertz CT molecular complexity index is 1560. The molecule has 4 aromatic rings. The number of hydrogen-bond acceptors (Lipinski definition) is 6. The van der Waals surface area contributed by atoms with Crippen LogP contribution >= 0.6 is 39.3 Å². The van der Waals surface area contributed by atoms with E-state index in [1.807, 2.05) is 101 Å². The Labute approximate surface area is 232 Å². The van der Waals surface area contributed by atoms with Crippen molar-refractivity contribution in [2.24, 2.45) is 10.2 Å². The van der Waals surface area contributed by atoms with Gasteiger partial charge in [0.1, 0.15) is 0 Å². The van der Waals surface area contributed by atoms with Crippen molar-refractivity contribution in [3.05, 3.63) is 129 Å². The first-order valence-corrected chi connectivity index (χ1v) is 13.6. The summed E-state index contributed by atoms with van der Waals surface area (Å²) in [7, 11) is 0. The molecule has 0 saturated carbocycles. The van der Waals surface area contributed by atoms with Crippen LogP contribution in [-0.2, 0) is 9.79 Å². The van der Waals surface area contributed by atoms with Crippen molar-refractivity contribution in [2.45, 2.75) is 11.9 Å². The van der Waals surface area contributed by atoms with Crippen LogP contribution in [0.5, 0.6) is 0 Å². The van der Waals surface area contributed by atoms with Gasteiger partial charge in [-0.1, -0.05) is 82.1 Å². The number of carbonyl (C=O) groups is 1. The summed E-state index contributed by atoms with van der Waals surface area (Å²) in [6.45, 7) is 1.55. The molecule has 182 valence electrons. The van der Waals surface area contributed by atoms with Gasteiger partial charge in [-0.05, 0) is 60.3 Å². The number of anilines is 2. The molecule has 6 rings (SSSR count). The Balaban J connectivity index is 1.66. The summed E-state index contributed by atoms with van der Waals surface area (Å²) in [6.07, 6.45) is 0. The van der Waals surface area contributed by atoms with E-state index in [9.17, 15) is 4.79 Å². The molecule has 1 atom stereocenters. The first kappa shape index (κ1) is 24.0. The zero-order valence-electron chi connectivity index (χ0n) is 19.7. The van der Waals surface area contributed by atoms with Gasteiger partial charge in [-0.3, -0.25) is 4.79 Å². The molecule has 0 amide bonds. The number of para-hydroxylation sites is 1. The summed E-state index contributed by atoms with van der Waals surface area (Å²) in [6, 6.07) is 33.8. The maximum absolute atomic E-state index is 12.7. The standard InChI is InChI=1S/C29H20BrClN4OS/c1-19(36)28-33-35(24-17-13-21(30)14-18-24)29(37-28)26-10-6-5-9-25(26)27(20-11-15-22(31)16-12-20)32-34(29)23-7-3-2-4-8-23/h2-18H,1H3. The first-order valence-electron chi connectivity index (χ1n) is 11.6. The minimum Gasteiger partial charge on any atom is -0.292 e. The molecular weight excluding hydrogens is 568 g/mol. The van der Waals surface area contributed by atoms with Gasteiger partial charge >= 0.3 is 0 Å². The number of ketones is 1. The highest BCUT2D eigenvalue weighted by Crippen LogP contribution is 2.55. The Hall–Kier alpha value is -3.39. The molecule has 5 nitrogen and oxygen atoms in total. The van der Waals surface area contributed by atoms with Crippen molar-refractivity contribution >= 4 is 67.2 Å². The van der Waals surface area contributed by atoms with E-state index in [2.05, 4.69) is 28.1 Å². The lowest BCUT2D eigenvalue weighted by atomic mass is 9.93. The van der Waals surface area contributed by atoms with Crippen molar-refractivity contribution in [2.75, 3.05) is 10.0 Å². The van der Waals surface area contributed by atoms with Crippen molar-refractivity contribution in [3.63, 3.8) is 0 Å². The van der Waals surface area contributed by atoms with Crippen LogP contribution in [0.2, 0.25) is 5.02 Å². The fourth-order valence-electron chi connectivity index (χ4n) is 4.55. The molecule has 2 aliphatic heterocycles. The van der Waals surface area contributed by atoms with Crippen LogP contribution in [0, 0.1) is 0 Å². The molecule has 0 aromatic heterocycles. The third-order valence-electron chi connectivity index (χ3n) is 6.23. The molecule has 0 saturated heterocycles. The highest BCUT2D eigenvalue weighted by atomic mass is 79.9. The van der Waals surface area contributed by atoms with Crippen molar-refractivity contribution in [1.29, 1.82) is 0 Å². The molecular formula is C29H20BrClN4OS. The van der Waals surface area contributed by atoms with Crippen molar-refractivity contribution < 1.29 is 4.79 Å².